The number of hydrogen-bond donors (Lipinski definition) is 0. The summed E-state index contributed by atoms with van der Waals surface area (Å²) in [4.78, 5) is 15.4. The van der Waals surface area contributed by atoms with Gasteiger partial charge in [-0.15, -0.1) is 11.3 Å². The van der Waals surface area contributed by atoms with Gasteiger partial charge < -0.3 is 4.90 Å². The molecule has 2 aromatic rings. The van der Waals surface area contributed by atoms with Crippen LogP contribution in [0.1, 0.15) is 28.8 Å². The van der Waals surface area contributed by atoms with Crippen molar-refractivity contribution in [2.24, 2.45) is 0 Å². The van der Waals surface area contributed by atoms with E-state index in [1.807, 2.05) is 17.5 Å². The summed E-state index contributed by atoms with van der Waals surface area (Å²) < 4.78 is 38.3. The number of rotatable bonds is 5. The van der Waals surface area contributed by atoms with Crippen LogP contribution in [0.25, 0.3) is 0 Å². The lowest BCUT2D eigenvalue weighted by Gasteiger charge is -2.22. The molecular formula is C17H16F3NOS. The van der Waals surface area contributed by atoms with Crippen LogP contribution in [-0.4, -0.2) is 16.8 Å². The third-order valence-electron chi connectivity index (χ3n) is 3.82. The zero-order valence-electron chi connectivity index (χ0n) is 12.3. The van der Waals surface area contributed by atoms with Crippen molar-refractivity contribution in [3.8, 4) is 0 Å². The molecule has 2 nitrogen and oxygen atoms in total. The predicted octanol–water partition coefficient (Wildman–Crippen LogP) is 4.50. The minimum atomic E-state index is -4.38. The third-order valence-corrected chi connectivity index (χ3v) is 4.69. The van der Waals surface area contributed by atoms with Crippen molar-refractivity contribution in [3.63, 3.8) is 0 Å². The summed E-state index contributed by atoms with van der Waals surface area (Å²) in [6.45, 7) is 0.542. The fourth-order valence-corrected chi connectivity index (χ4v) is 3.21. The van der Waals surface area contributed by atoms with Gasteiger partial charge in [0.05, 0.1) is 18.5 Å². The monoisotopic (exact) mass is 339 g/mol. The maximum Gasteiger partial charge on any atom is 0.416 e. The largest absolute Gasteiger partial charge is 0.416 e. The molecule has 0 N–H and O–H groups in total. The van der Waals surface area contributed by atoms with E-state index < -0.39 is 11.7 Å². The molecule has 0 atom stereocenters. The molecule has 1 fully saturated rings. The Bertz CT molecular complexity index is 677. The second-order valence-corrected chi connectivity index (χ2v) is 6.74. The maximum atomic E-state index is 12.8. The minimum absolute atomic E-state index is 0.00575. The molecule has 1 aliphatic rings. The zero-order chi connectivity index (χ0) is 16.4. The Kier molecular flexibility index (Phi) is 4.43. The summed E-state index contributed by atoms with van der Waals surface area (Å²) in [6, 6.07) is 9.15. The van der Waals surface area contributed by atoms with Gasteiger partial charge in [0.1, 0.15) is 0 Å². The lowest BCUT2D eigenvalue weighted by Crippen LogP contribution is -2.33. The first-order valence-corrected chi connectivity index (χ1v) is 8.29. The average Bonchev–Trinajstić information content (AvgIpc) is 3.20. The summed E-state index contributed by atoms with van der Waals surface area (Å²) in [7, 11) is 0. The van der Waals surface area contributed by atoms with E-state index in [4.69, 9.17) is 0 Å². The quantitative estimate of drug-likeness (QED) is 0.785. The second kappa shape index (κ2) is 6.35. The van der Waals surface area contributed by atoms with Crippen molar-refractivity contribution in [2.75, 3.05) is 0 Å². The van der Waals surface area contributed by atoms with E-state index in [1.165, 1.54) is 6.07 Å². The van der Waals surface area contributed by atoms with Crippen LogP contribution in [0.5, 0.6) is 0 Å². The molecule has 1 aliphatic carbocycles. The molecule has 0 aliphatic heterocycles. The summed E-state index contributed by atoms with van der Waals surface area (Å²) >= 11 is 1.58. The van der Waals surface area contributed by atoms with Crippen LogP contribution in [0.2, 0.25) is 0 Å². The number of halogens is 3. The van der Waals surface area contributed by atoms with Gasteiger partial charge in [-0.2, -0.15) is 13.2 Å². The smallest absolute Gasteiger partial charge is 0.334 e. The Morgan fingerprint density at radius 3 is 2.61 bits per heavy atom. The molecule has 122 valence electrons. The van der Waals surface area contributed by atoms with Crippen LogP contribution < -0.4 is 0 Å². The Hall–Kier alpha value is -1.82. The zero-order valence-corrected chi connectivity index (χ0v) is 13.2. The fourth-order valence-electron chi connectivity index (χ4n) is 2.51. The van der Waals surface area contributed by atoms with Crippen LogP contribution in [-0.2, 0) is 23.9 Å². The van der Waals surface area contributed by atoms with Gasteiger partial charge in [0, 0.05) is 10.9 Å². The summed E-state index contributed by atoms with van der Waals surface area (Å²) in [5.74, 6) is -0.111. The van der Waals surface area contributed by atoms with Gasteiger partial charge in [0.25, 0.3) is 0 Å². The first kappa shape index (κ1) is 16.1. The van der Waals surface area contributed by atoms with Gasteiger partial charge in [-0.3, -0.25) is 4.79 Å². The highest BCUT2D eigenvalue weighted by atomic mass is 32.1. The first-order valence-electron chi connectivity index (χ1n) is 7.41. The van der Waals surface area contributed by atoms with Crippen LogP contribution in [0.3, 0.4) is 0 Å². The normalized spacial score (nSPS) is 14.7. The molecule has 23 heavy (non-hydrogen) atoms. The Morgan fingerprint density at radius 1 is 1.22 bits per heavy atom. The molecule has 1 aromatic carbocycles. The second-order valence-electron chi connectivity index (χ2n) is 5.71. The van der Waals surface area contributed by atoms with Gasteiger partial charge in [0.15, 0.2) is 0 Å². The molecule has 0 radical (unpaired) electrons. The first-order chi connectivity index (χ1) is 10.9. The third kappa shape index (κ3) is 4.13. The molecule has 1 saturated carbocycles. The maximum absolute atomic E-state index is 12.8. The summed E-state index contributed by atoms with van der Waals surface area (Å²) in [5, 5.41) is 1.96. The molecular weight excluding hydrogens is 323 g/mol. The fraction of sp³-hybridized carbons (Fsp3) is 0.353. The molecule has 0 unspecified atom stereocenters. The van der Waals surface area contributed by atoms with Gasteiger partial charge in [-0.05, 0) is 35.9 Å². The van der Waals surface area contributed by atoms with E-state index in [2.05, 4.69) is 0 Å². The standard InChI is InChI=1S/C17H16F3NOS/c18-17(19,20)13-4-1-3-12(9-13)10-16(22)21(14-6-7-14)11-15-5-2-8-23-15/h1-5,8-9,14H,6-7,10-11H2. The number of thiophene rings is 1. The number of hydrogen-bond acceptors (Lipinski definition) is 2. The predicted molar refractivity (Wildman–Crippen MR) is 83.0 cm³/mol. The van der Waals surface area contributed by atoms with E-state index in [0.29, 0.717) is 12.1 Å². The molecule has 6 heteroatoms. The van der Waals surface area contributed by atoms with Gasteiger partial charge in [-0.25, -0.2) is 0 Å². The van der Waals surface area contributed by atoms with Crippen molar-refractivity contribution in [1.82, 2.24) is 4.90 Å². The number of alkyl halides is 3. The van der Waals surface area contributed by atoms with Crippen molar-refractivity contribution < 1.29 is 18.0 Å². The molecule has 0 bridgehead atoms. The molecule has 0 saturated heterocycles. The molecule has 1 aromatic heterocycles. The number of benzene rings is 1. The van der Waals surface area contributed by atoms with Crippen LogP contribution in [0, 0.1) is 0 Å². The lowest BCUT2D eigenvalue weighted by molar-refractivity contribution is -0.138. The molecule has 1 amide bonds. The molecule has 3 rings (SSSR count). The van der Waals surface area contributed by atoms with Crippen molar-refractivity contribution in [2.45, 2.75) is 38.0 Å². The van der Waals surface area contributed by atoms with E-state index in [1.54, 1.807) is 22.3 Å². The summed E-state index contributed by atoms with van der Waals surface area (Å²) in [6.07, 6.45) is -2.43. The SMILES string of the molecule is O=C(Cc1cccc(C(F)(F)F)c1)N(Cc1cccs1)C1CC1. The van der Waals surface area contributed by atoms with E-state index in [0.717, 1.165) is 29.9 Å². The van der Waals surface area contributed by atoms with Gasteiger partial charge >= 0.3 is 6.18 Å². The van der Waals surface area contributed by atoms with Gasteiger partial charge in [0.2, 0.25) is 5.91 Å². The van der Waals surface area contributed by atoms with Crippen LogP contribution in [0.15, 0.2) is 41.8 Å². The highest BCUT2D eigenvalue weighted by molar-refractivity contribution is 7.09. The van der Waals surface area contributed by atoms with Crippen LogP contribution in [0.4, 0.5) is 13.2 Å². The van der Waals surface area contributed by atoms with Crippen molar-refractivity contribution in [3.05, 3.63) is 57.8 Å². The Morgan fingerprint density at radius 2 is 2.00 bits per heavy atom. The Balaban J connectivity index is 1.72. The number of carbonyl (C=O) groups is 1. The number of amides is 1. The van der Waals surface area contributed by atoms with Gasteiger partial charge in [-0.1, -0.05) is 24.3 Å². The van der Waals surface area contributed by atoms with Crippen molar-refractivity contribution >= 4 is 17.2 Å². The Labute approximate surface area is 136 Å². The minimum Gasteiger partial charge on any atom is -0.334 e. The molecule has 0 spiro atoms. The average molecular weight is 339 g/mol. The van der Waals surface area contributed by atoms with Crippen LogP contribution >= 0.6 is 11.3 Å². The van der Waals surface area contributed by atoms with E-state index in [-0.39, 0.29) is 18.4 Å². The van der Waals surface area contributed by atoms with Crippen molar-refractivity contribution in [1.29, 1.82) is 0 Å². The topological polar surface area (TPSA) is 20.3 Å². The highest BCUT2D eigenvalue weighted by Gasteiger charge is 2.33. The highest BCUT2D eigenvalue weighted by Crippen LogP contribution is 2.31. The van der Waals surface area contributed by atoms with E-state index in [9.17, 15) is 18.0 Å². The van der Waals surface area contributed by atoms with E-state index >= 15 is 0 Å². The summed E-state index contributed by atoms with van der Waals surface area (Å²) in [5.41, 5.74) is -0.305. The number of carbonyl (C=O) groups excluding carboxylic acids is 1. The number of nitrogens with zero attached hydrogens (tertiary/aromatic N) is 1. The molecule has 1 heterocycles. The lowest BCUT2D eigenvalue weighted by atomic mass is 10.1.